The standard InChI is InChI=1S/C34H26Cl2F3N5O7/c1-51-24-9-2-14(10-23(24)45)26-18-7-8-19-25(30(48)43(28(19)46)32(40)50)20(18)12-21-29(47)44(31(49)33(21,26)15-3-5-17(35)6-4-15)42-27-22(36)11-16(13-41-27)34(37,38)39/h2-7,9-11,13,19-21,25-26,45H,8,12H2,1H3,(H2,40,50)(H,41,42). The normalized spacial score (nSPS) is 27.2. The second-order valence-corrected chi connectivity index (χ2v) is 13.5. The summed E-state index contributed by atoms with van der Waals surface area (Å²) < 4.78 is 45.4. The molecule has 6 atom stereocenters. The number of hydrogen-bond acceptors (Lipinski definition) is 9. The first kappa shape index (κ1) is 34.3. The van der Waals surface area contributed by atoms with Crippen molar-refractivity contribution >= 4 is 58.7 Å². The van der Waals surface area contributed by atoms with Crippen LogP contribution in [0.15, 0.2) is 66.4 Å². The summed E-state index contributed by atoms with van der Waals surface area (Å²) in [7, 11) is 1.34. The third-order valence-corrected chi connectivity index (χ3v) is 10.9. The predicted molar refractivity (Wildman–Crippen MR) is 173 cm³/mol. The first-order valence-corrected chi connectivity index (χ1v) is 16.2. The van der Waals surface area contributed by atoms with Gasteiger partial charge in [0.05, 0.1) is 40.9 Å². The number of nitrogens with zero attached hydrogens (tertiary/aromatic N) is 3. The fraction of sp³-hybridized carbons (Fsp3) is 0.294. The number of carbonyl (C=O) groups excluding carboxylic acids is 5. The van der Waals surface area contributed by atoms with Gasteiger partial charge in [0.25, 0.3) is 11.8 Å². The summed E-state index contributed by atoms with van der Waals surface area (Å²) >= 11 is 12.4. The van der Waals surface area contributed by atoms with Gasteiger partial charge in [-0.1, -0.05) is 53.1 Å². The molecule has 0 radical (unpaired) electrons. The number of aromatic hydroxyl groups is 1. The molecule has 3 heterocycles. The van der Waals surface area contributed by atoms with Crippen LogP contribution < -0.4 is 15.9 Å². The lowest BCUT2D eigenvalue weighted by atomic mass is 9.49. The van der Waals surface area contributed by atoms with E-state index in [1.807, 2.05) is 0 Å². The Hall–Kier alpha value is -5.15. The second-order valence-electron chi connectivity index (χ2n) is 12.7. The number of imide groups is 4. The number of rotatable bonds is 5. The molecule has 2 aromatic carbocycles. The lowest BCUT2D eigenvalue weighted by Gasteiger charge is -2.50. The molecule has 2 saturated heterocycles. The zero-order chi connectivity index (χ0) is 36.7. The SMILES string of the molecule is COc1ccc(C2C3=CCC4C(=O)N(C(N)=O)C(=O)C4C3CC3C(=O)N(Nc4ncc(C(F)(F)F)cc4Cl)C(=O)C32c2ccc(Cl)cc2)cc1O. The smallest absolute Gasteiger partial charge is 0.417 e. The van der Waals surface area contributed by atoms with Gasteiger partial charge in [-0.3, -0.25) is 24.6 Å². The molecule has 2 aliphatic carbocycles. The number of alkyl halides is 3. The number of primary amides is 1. The number of aromatic nitrogens is 1. The highest BCUT2D eigenvalue weighted by molar-refractivity contribution is 6.33. The van der Waals surface area contributed by atoms with Crippen LogP contribution in [0.2, 0.25) is 10.0 Å². The van der Waals surface area contributed by atoms with Gasteiger partial charge in [0.15, 0.2) is 17.3 Å². The quantitative estimate of drug-likeness (QED) is 0.235. The fourth-order valence-corrected chi connectivity index (χ4v) is 8.60. The largest absolute Gasteiger partial charge is 0.504 e. The number of nitrogens with two attached hydrogens (primary N) is 1. The maximum atomic E-state index is 15.1. The van der Waals surface area contributed by atoms with Crippen LogP contribution in [0, 0.1) is 23.7 Å². The fourth-order valence-electron chi connectivity index (χ4n) is 8.26. The Morgan fingerprint density at radius 2 is 1.75 bits per heavy atom. The van der Waals surface area contributed by atoms with E-state index in [9.17, 15) is 37.5 Å². The number of carbonyl (C=O) groups is 5. The summed E-state index contributed by atoms with van der Waals surface area (Å²) in [5, 5.41) is 11.4. The van der Waals surface area contributed by atoms with E-state index in [0.717, 1.165) is 0 Å². The molecular weight excluding hydrogens is 718 g/mol. The monoisotopic (exact) mass is 743 g/mol. The number of benzene rings is 2. The first-order chi connectivity index (χ1) is 24.1. The molecule has 0 spiro atoms. The molecule has 1 saturated carbocycles. The van der Waals surface area contributed by atoms with E-state index in [0.29, 0.717) is 43.9 Å². The van der Waals surface area contributed by atoms with Crippen molar-refractivity contribution in [1.29, 1.82) is 0 Å². The Bertz CT molecular complexity index is 2080. The highest BCUT2D eigenvalue weighted by Gasteiger charge is 2.70. The van der Waals surface area contributed by atoms with Crippen LogP contribution in [0.4, 0.5) is 23.8 Å². The van der Waals surface area contributed by atoms with E-state index >= 15 is 4.79 Å². The van der Waals surface area contributed by atoms with E-state index < -0.39 is 87.2 Å². The van der Waals surface area contributed by atoms with Gasteiger partial charge < -0.3 is 15.6 Å². The van der Waals surface area contributed by atoms with E-state index in [4.69, 9.17) is 33.7 Å². The molecule has 0 bridgehead atoms. The summed E-state index contributed by atoms with van der Waals surface area (Å²) in [6.45, 7) is 0. The van der Waals surface area contributed by atoms with E-state index in [1.165, 1.54) is 31.4 Å². The number of allylic oxidation sites excluding steroid dienone is 2. The second kappa shape index (κ2) is 12.0. The molecule has 1 aromatic heterocycles. The topological polar surface area (TPSA) is 172 Å². The van der Waals surface area contributed by atoms with Crippen LogP contribution in [-0.4, -0.2) is 56.8 Å². The van der Waals surface area contributed by atoms with Gasteiger partial charge in [-0.15, -0.1) is 0 Å². The Morgan fingerprint density at radius 3 is 2.35 bits per heavy atom. The minimum atomic E-state index is -4.77. The van der Waals surface area contributed by atoms with Crippen molar-refractivity contribution in [1.82, 2.24) is 14.9 Å². The average molecular weight is 745 g/mol. The van der Waals surface area contributed by atoms with Crippen LogP contribution in [0.25, 0.3) is 0 Å². The third-order valence-electron chi connectivity index (χ3n) is 10.3. The Morgan fingerprint density at radius 1 is 1.04 bits per heavy atom. The van der Waals surface area contributed by atoms with Crippen LogP contribution in [-0.2, 0) is 30.8 Å². The number of halogens is 5. The molecule has 264 valence electrons. The number of methoxy groups -OCH3 is 1. The van der Waals surface area contributed by atoms with Crippen molar-refractivity contribution in [3.8, 4) is 11.5 Å². The van der Waals surface area contributed by atoms with Crippen molar-refractivity contribution in [3.63, 3.8) is 0 Å². The van der Waals surface area contributed by atoms with Crippen LogP contribution in [0.1, 0.15) is 35.4 Å². The van der Waals surface area contributed by atoms with Crippen LogP contribution in [0.3, 0.4) is 0 Å². The van der Waals surface area contributed by atoms with Gasteiger partial charge in [-0.05, 0) is 60.2 Å². The molecule has 12 nitrogen and oxygen atoms in total. The van der Waals surface area contributed by atoms with Gasteiger partial charge in [-0.25, -0.2) is 9.78 Å². The van der Waals surface area contributed by atoms with Gasteiger partial charge in [0.1, 0.15) is 0 Å². The molecule has 4 aliphatic rings. The number of phenols is 1. The molecule has 17 heteroatoms. The maximum absolute atomic E-state index is 15.1. The molecule has 3 fully saturated rings. The summed E-state index contributed by atoms with van der Waals surface area (Å²) in [5.41, 5.74) is 6.12. The summed E-state index contributed by atoms with van der Waals surface area (Å²) in [5.74, 6) is -9.22. The van der Waals surface area contributed by atoms with Gasteiger partial charge in [-0.2, -0.15) is 23.1 Å². The Kier molecular flexibility index (Phi) is 8.06. The van der Waals surface area contributed by atoms with Crippen molar-refractivity contribution in [2.75, 3.05) is 12.5 Å². The zero-order valence-electron chi connectivity index (χ0n) is 26.3. The van der Waals surface area contributed by atoms with Crippen molar-refractivity contribution in [3.05, 3.63) is 93.1 Å². The number of ether oxygens (including phenoxy) is 1. The number of anilines is 1. The summed E-state index contributed by atoms with van der Waals surface area (Å²) in [6.07, 6.45) is -2.73. The third kappa shape index (κ3) is 5.04. The van der Waals surface area contributed by atoms with Crippen molar-refractivity contribution in [2.45, 2.75) is 30.4 Å². The molecule has 6 unspecified atom stereocenters. The lowest BCUT2D eigenvalue weighted by molar-refractivity contribution is -0.140. The van der Waals surface area contributed by atoms with Gasteiger partial charge in [0.2, 0.25) is 11.8 Å². The molecule has 4 N–H and O–H groups in total. The highest BCUT2D eigenvalue weighted by Crippen LogP contribution is 2.64. The van der Waals surface area contributed by atoms with Gasteiger partial charge in [0, 0.05) is 17.1 Å². The number of amides is 6. The molecule has 6 amide bonds. The first-order valence-electron chi connectivity index (χ1n) is 15.5. The van der Waals surface area contributed by atoms with E-state index in [2.05, 4.69) is 10.4 Å². The number of hydrazine groups is 1. The Balaban J connectivity index is 1.45. The summed E-state index contributed by atoms with van der Waals surface area (Å²) in [4.78, 5) is 73.1. The minimum absolute atomic E-state index is 0.0000376. The number of hydrogen-bond donors (Lipinski definition) is 3. The van der Waals surface area contributed by atoms with Gasteiger partial charge >= 0.3 is 12.2 Å². The lowest BCUT2D eigenvalue weighted by Crippen LogP contribution is -2.53. The minimum Gasteiger partial charge on any atom is -0.504 e. The summed E-state index contributed by atoms with van der Waals surface area (Å²) in [6, 6.07) is 9.95. The molecular formula is C34H26Cl2F3N5O7. The Labute approximate surface area is 296 Å². The highest BCUT2D eigenvalue weighted by atomic mass is 35.5. The molecule has 3 aromatic rings. The number of likely N-dealkylation sites (tertiary alicyclic amines) is 1. The average Bonchev–Trinajstić information content (AvgIpc) is 3.46. The van der Waals surface area contributed by atoms with Crippen LogP contribution in [0.5, 0.6) is 11.5 Å². The number of pyridine rings is 1. The number of phenolic OH excluding ortho intramolecular Hbond substituents is 1. The number of nitrogens with one attached hydrogen (secondary N) is 1. The van der Waals surface area contributed by atoms with Crippen molar-refractivity contribution in [2.24, 2.45) is 29.4 Å². The van der Waals surface area contributed by atoms with E-state index in [1.54, 1.807) is 24.3 Å². The van der Waals surface area contributed by atoms with E-state index in [-0.39, 0.29) is 24.3 Å². The zero-order valence-corrected chi connectivity index (χ0v) is 27.8. The molecule has 51 heavy (non-hydrogen) atoms. The number of fused-ring (bicyclic) bond motifs is 4. The predicted octanol–water partition coefficient (Wildman–Crippen LogP) is 5.19. The van der Waals surface area contributed by atoms with Crippen LogP contribution >= 0.6 is 23.2 Å². The number of urea groups is 1. The molecule has 7 rings (SSSR count). The van der Waals surface area contributed by atoms with Crippen molar-refractivity contribution < 1.29 is 47.0 Å². The maximum Gasteiger partial charge on any atom is 0.417 e. The molecule has 2 aliphatic heterocycles.